The summed E-state index contributed by atoms with van der Waals surface area (Å²) < 4.78 is 1.00. The van der Waals surface area contributed by atoms with Gasteiger partial charge >= 0.3 is 5.97 Å². The van der Waals surface area contributed by atoms with Crippen LogP contribution >= 0.6 is 15.9 Å². The second-order valence-electron chi connectivity index (χ2n) is 5.65. The van der Waals surface area contributed by atoms with Gasteiger partial charge in [0, 0.05) is 17.4 Å². The van der Waals surface area contributed by atoms with E-state index in [1.165, 1.54) is 0 Å². The topological polar surface area (TPSA) is 66.4 Å². The molecule has 1 rings (SSSR count). The van der Waals surface area contributed by atoms with Gasteiger partial charge in [0.05, 0.1) is 5.92 Å². The second-order valence-corrected chi connectivity index (χ2v) is 6.57. The molecule has 0 saturated carbocycles. The predicted octanol–water partition coefficient (Wildman–Crippen LogP) is 3.42. The summed E-state index contributed by atoms with van der Waals surface area (Å²) in [6.07, 6.45) is 0.353. The Bertz CT molecular complexity index is 485. The van der Waals surface area contributed by atoms with Crippen molar-refractivity contribution in [3.8, 4) is 0 Å². The van der Waals surface area contributed by atoms with Crippen LogP contribution in [0.4, 0.5) is 0 Å². The molecule has 0 fully saturated rings. The van der Waals surface area contributed by atoms with E-state index < -0.39 is 11.9 Å². The summed E-state index contributed by atoms with van der Waals surface area (Å²) in [5, 5.41) is 11.8. The molecule has 1 aromatic carbocycles. The first-order valence-electron chi connectivity index (χ1n) is 7.06. The van der Waals surface area contributed by atoms with E-state index in [0.717, 1.165) is 10.0 Å². The van der Waals surface area contributed by atoms with Gasteiger partial charge in [0.25, 0.3) is 0 Å². The normalized spacial score (nSPS) is 13.8. The van der Waals surface area contributed by atoms with E-state index in [2.05, 4.69) is 21.2 Å². The third-order valence-electron chi connectivity index (χ3n) is 3.57. The van der Waals surface area contributed by atoms with E-state index in [1.807, 2.05) is 45.0 Å². The number of carboxylic acid groups (broad SMARTS) is 1. The highest BCUT2D eigenvalue weighted by Crippen LogP contribution is 2.21. The van der Waals surface area contributed by atoms with E-state index in [1.54, 1.807) is 0 Å². The summed E-state index contributed by atoms with van der Waals surface area (Å²) in [5.74, 6) is -1.44. The number of hydrogen-bond donors (Lipinski definition) is 2. The van der Waals surface area contributed by atoms with Crippen molar-refractivity contribution in [1.82, 2.24) is 5.32 Å². The van der Waals surface area contributed by atoms with Crippen molar-refractivity contribution in [3.63, 3.8) is 0 Å². The van der Waals surface area contributed by atoms with E-state index in [0.29, 0.717) is 6.42 Å². The molecule has 0 aromatic heterocycles. The fraction of sp³-hybridized carbons (Fsp3) is 0.500. The van der Waals surface area contributed by atoms with Gasteiger partial charge in [0.2, 0.25) is 5.91 Å². The van der Waals surface area contributed by atoms with Gasteiger partial charge in [-0.3, -0.25) is 9.59 Å². The number of halogens is 1. The maximum Gasteiger partial charge on any atom is 0.308 e. The van der Waals surface area contributed by atoms with Crippen LogP contribution in [0.15, 0.2) is 28.7 Å². The van der Waals surface area contributed by atoms with Gasteiger partial charge in [-0.1, -0.05) is 48.8 Å². The zero-order valence-corrected chi connectivity index (χ0v) is 14.2. The number of aliphatic carboxylic acids is 1. The van der Waals surface area contributed by atoms with Gasteiger partial charge in [0.15, 0.2) is 0 Å². The lowest BCUT2D eigenvalue weighted by atomic mass is 9.95. The lowest BCUT2D eigenvalue weighted by molar-refractivity contribution is -0.143. The zero-order valence-electron chi connectivity index (χ0n) is 12.6. The molecule has 1 aromatic rings. The van der Waals surface area contributed by atoms with Crippen molar-refractivity contribution in [2.75, 3.05) is 6.54 Å². The van der Waals surface area contributed by atoms with Crippen molar-refractivity contribution >= 4 is 27.8 Å². The first-order chi connectivity index (χ1) is 9.81. The van der Waals surface area contributed by atoms with Crippen LogP contribution in [0.1, 0.15) is 38.7 Å². The lowest BCUT2D eigenvalue weighted by Gasteiger charge is -2.18. The first-order valence-corrected chi connectivity index (χ1v) is 7.85. The monoisotopic (exact) mass is 355 g/mol. The Balaban J connectivity index is 2.49. The van der Waals surface area contributed by atoms with Crippen LogP contribution < -0.4 is 5.32 Å². The molecule has 0 spiro atoms. The van der Waals surface area contributed by atoms with Crippen molar-refractivity contribution in [1.29, 1.82) is 0 Å². The molecule has 5 heteroatoms. The number of benzene rings is 1. The number of hydrogen-bond acceptors (Lipinski definition) is 2. The number of carboxylic acids is 1. The SMILES string of the molecule is CC(CC(=O)NCC(C(=O)O)C(C)C)c1ccc(Br)cc1. The van der Waals surface area contributed by atoms with Crippen molar-refractivity contribution in [3.05, 3.63) is 34.3 Å². The smallest absolute Gasteiger partial charge is 0.308 e. The third-order valence-corrected chi connectivity index (χ3v) is 4.10. The largest absolute Gasteiger partial charge is 0.481 e. The first kappa shape index (κ1) is 17.7. The molecule has 0 saturated heterocycles. The summed E-state index contributed by atoms with van der Waals surface area (Å²) in [7, 11) is 0. The maximum absolute atomic E-state index is 11.9. The molecule has 0 aliphatic carbocycles. The molecule has 0 bridgehead atoms. The predicted molar refractivity (Wildman–Crippen MR) is 86.1 cm³/mol. The molecule has 0 aliphatic heterocycles. The quantitative estimate of drug-likeness (QED) is 0.787. The number of rotatable bonds is 7. The summed E-state index contributed by atoms with van der Waals surface area (Å²) in [6.45, 7) is 5.85. The van der Waals surface area contributed by atoms with Crippen molar-refractivity contribution < 1.29 is 14.7 Å². The van der Waals surface area contributed by atoms with E-state index in [-0.39, 0.29) is 24.3 Å². The lowest BCUT2D eigenvalue weighted by Crippen LogP contribution is -2.35. The second kappa shape index (κ2) is 8.17. The van der Waals surface area contributed by atoms with Gasteiger partial charge in [-0.15, -0.1) is 0 Å². The fourth-order valence-corrected chi connectivity index (χ4v) is 2.36. The van der Waals surface area contributed by atoms with Crippen LogP contribution in [0, 0.1) is 11.8 Å². The van der Waals surface area contributed by atoms with Gasteiger partial charge in [-0.05, 0) is 29.5 Å². The number of carbonyl (C=O) groups excluding carboxylic acids is 1. The van der Waals surface area contributed by atoms with E-state index in [9.17, 15) is 9.59 Å². The van der Waals surface area contributed by atoms with Crippen LogP contribution in [0.5, 0.6) is 0 Å². The Kier molecular flexibility index (Phi) is 6.89. The molecule has 4 nitrogen and oxygen atoms in total. The fourth-order valence-electron chi connectivity index (χ4n) is 2.09. The summed E-state index contributed by atoms with van der Waals surface area (Å²) in [6, 6.07) is 7.86. The maximum atomic E-state index is 11.9. The number of carbonyl (C=O) groups is 2. The molecule has 21 heavy (non-hydrogen) atoms. The molecule has 1 amide bonds. The summed E-state index contributed by atoms with van der Waals surface area (Å²) in [5.41, 5.74) is 1.09. The Morgan fingerprint density at radius 3 is 2.24 bits per heavy atom. The number of nitrogens with one attached hydrogen (secondary N) is 1. The Morgan fingerprint density at radius 1 is 1.19 bits per heavy atom. The van der Waals surface area contributed by atoms with Gasteiger partial charge in [-0.2, -0.15) is 0 Å². The average Bonchev–Trinajstić information content (AvgIpc) is 2.38. The van der Waals surface area contributed by atoms with Gasteiger partial charge < -0.3 is 10.4 Å². The highest BCUT2D eigenvalue weighted by molar-refractivity contribution is 9.10. The molecule has 0 heterocycles. The Labute approximate surface area is 134 Å². The minimum atomic E-state index is -0.869. The number of amides is 1. The molecule has 116 valence electrons. The molecule has 0 aliphatic rings. The minimum absolute atomic E-state index is 0.00769. The molecule has 2 atom stereocenters. The standard InChI is InChI=1S/C16H22BrNO3/c1-10(2)14(16(20)21)9-18-15(19)8-11(3)12-4-6-13(17)7-5-12/h4-7,10-11,14H,8-9H2,1-3H3,(H,18,19)(H,20,21). The highest BCUT2D eigenvalue weighted by Gasteiger charge is 2.22. The molecular weight excluding hydrogens is 334 g/mol. The van der Waals surface area contributed by atoms with Gasteiger partial charge in [-0.25, -0.2) is 0 Å². The molecule has 0 radical (unpaired) electrons. The summed E-state index contributed by atoms with van der Waals surface area (Å²) >= 11 is 3.38. The average molecular weight is 356 g/mol. The summed E-state index contributed by atoms with van der Waals surface area (Å²) in [4.78, 5) is 23.0. The molecule has 2 N–H and O–H groups in total. The Hall–Kier alpha value is -1.36. The molecule has 2 unspecified atom stereocenters. The van der Waals surface area contributed by atoms with E-state index >= 15 is 0 Å². The van der Waals surface area contributed by atoms with Gasteiger partial charge in [0.1, 0.15) is 0 Å². The third kappa shape index (κ3) is 5.87. The van der Waals surface area contributed by atoms with Crippen LogP contribution in [-0.2, 0) is 9.59 Å². The van der Waals surface area contributed by atoms with Crippen molar-refractivity contribution in [2.45, 2.75) is 33.1 Å². The van der Waals surface area contributed by atoms with Crippen LogP contribution in [0.3, 0.4) is 0 Å². The molecular formula is C16H22BrNO3. The minimum Gasteiger partial charge on any atom is -0.481 e. The van der Waals surface area contributed by atoms with Crippen LogP contribution in [0.25, 0.3) is 0 Å². The van der Waals surface area contributed by atoms with Crippen LogP contribution in [-0.4, -0.2) is 23.5 Å². The highest BCUT2D eigenvalue weighted by atomic mass is 79.9. The van der Waals surface area contributed by atoms with Crippen molar-refractivity contribution in [2.24, 2.45) is 11.8 Å². The van der Waals surface area contributed by atoms with E-state index in [4.69, 9.17) is 5.11 Å². The zero-order chi connectivity index (χ0) is 16.0. The Morgan fingerprint density at radius 2 is 1.76 bits per heavy atom. The van der Waals surface area contributed by atoms with Crippen LogP contribution in [0.2, 0.25) is 0 Å².